The zero-order valence-corrected chi connectivity index (χ0v) is 24.5. The Balaban J connectivity index is 1.28. The van der Waals surface area contributed by atoms with Crippen LogP contribution in [0.2, 0.25) is 0 Å². The van der Waals surface area contributed by atoms with Gasteiger partial charge < -0.3 is 15.0 Å². The number of rotatable bonds is 7. The number of piperidine rings is 1. The summed E-state index contributed by atoms with van der Waals surface area (Å²) < 4.78 is 7.12. The van der Waals surface area contributed by atoms with E-state index >= 15 is 0 Å². The van der Waals surface area contributed by atoms with Crippen LogP contribution in [0, 0.1) is 12.3 Å². The standard InChI is InChI=1S/C28H27BrN8O4/c1-14-5-6-22(29)33-25(14)34-26(40)19-8-28(3)9-21(28)37(19)23(39)13-36-20-12-30-18(7-17(20)24(35-36)15(2)38)16-10-31-27(41-4)32-11-16/h5-7,10-12,19,21H,8-9,13H2,1-4H3,(H,33,34,40)/t19-,21+,28-/m0/s1. The van der Waals surface area contributed by atoms with E-state index in [-0.39, 0.29) is 47.3 Å². The number of nitrogens with one attached hydrogen (secondary N) is 1. The summed E-state index contributed by atoms with van der Waals surface area (Å²) in [6.45, 7) is 5.25. The van der Waals surface area contributed by atoms with Crippen LogP contribution in [0.25, 0.3) is 22.2 Å². The third kappa shape index (κ3) is 4.83. The molecular formula is C28H27BrN8O4. The van der Waals surface area contributed by atoms with Gasteiger partial charge in [-0.2, -0.15) is 5.10 Å². The SMILES string of the molecule is COc1ncc(-c2cc3c(C(C)=O)nn(CC(=O)N4[C@H](C(=O)Nc5nc(Br)ccc5C)C[C@@]5(C)C[C@@H]45)c3cn2)cn1. The van der Waals surface area contributed by atoms with E-state index in [0.717, 1.165) is 12.0 Å². The number of aromatic nitrogens is 6. The van der Waals surface area contributed by atoms with E-state index < -0.39 is 6.04 Å². The van der Waals surface area contributed by atoms with Crippen molar-refractivity contribution < 1.29 is 19.1 Å². The Bertz CT molecular complexity index is 1720. The first-order chi connectivity index (χ1) is 19.6. The number of halogens is 1. The molecule has 1 saturated heterocycles. The molecule has 5 heterocycles. The summed E-state index contributed by atoms with van der Waals surface area (Å²) >= 11 is 3.35. The quantitative estimate of drug-likeness (QED) is 0.242. The van der Waals surface area contributed by atoms with Gasteiger partial charge in [0, 0.05) is 36.3 Å². The molecule has 2 fully saturated rings. The molecule has 0 unspecified atom stereocenters. The maximum atomic E-state index is 13.8. The highest BCUT2D eigenvalue weighted by molar-refractivity contribution is 9.10. The van der Waals surface area contributed by atoms with E-state index in [9.17, 15) is 14.4 Å². The molecule has 0 aromatic carbocycles. The van der Waals surface area contributed by atoms with E-state index in [2.05, 4.69) is 53.2 Å². The number of hydrogen-bond acceptors (Lipinski definition) is 9. The van der Waals surface area contributed by atoms with Crippen molar-refractivity contribution in [3.05, 3.63) is 52.7 Å². The van der Waals surface area contributed by atoms with Gasteiger partial charge >= 0.3 is 6.01 Å². The number of pyridine rings is 2. The number of carbonyl (C=O) groups is 3. The van der Waals surface area contributed by atoms with Crippen molar-refractivity contribution in [2.45, 2.75) is 52.2 Å². The molecule has 1 N–H and O–H groups in total. The minimum atomic E-state index is -0.639. The lowest BCUT2D eigenvalue weighted by Gasteiger charge is -2.27. The minimum Gasteiger partial charge on any atom is -0.467 e. The Morgan fingerprint density at radius 1 is 1.15 bits per heavy atom. The first-order valence-corrected chi connectivity index (χ1v) is 13.9. The maximum Gasteiger partial charge on any atom is 0.316 e. The number of Topliss-reactive ketones (excluding diaryl/α,β-unsaturated/α-hetero) is 1. The van der Waals surface area contributed by atoms with Crippen LogP contribution in [0.1, 0.15) is 42.7 Å². The van der Waals surface area contributed by atoms with Gasteiger partial charge in [-0.3, -0.25) is 24.0 Å². The fraction of sp³-hybridized carbons (Fsp3) is 0.357. The van der Waals surface area contributed by atoms with Gasteiger partial charge in [-0.05, 0) is 58.8 Å². The summed E-state index contributed by atoms with van der Waals surface area (Å²) in [5.74, 6) is -0.309. The molecule has 0 spiro atoms. The van der Waals surface area contributed by atoms with Crippen LogP contribution in [0.5, 0.6) is 6.01 Å². The summed E-state index contributed by atoms with van der Waals surface area (Å²) in [4.78, 5) is 58.5. The summed E-state index contributed by atoms with van der Waals surface area (Å²) in [6.07, 6.45) is 6.15. The molecule has 4 aromatic heterocycles. The van der Waals surface area contributed by atoms with Gasteiger partial charge in [-0.1, -0.05) is 13.0 Å². The van der Waals surface area contributed by atoms with Gasteiger partial charge in [-0.25, -0.2) is 15.0 Å². The molecular weight excluding hydrogens is 592 g/mol. The van der Waals surface area contributed by atoms with E-state index in [1.54, 1.807) is 35.6 Å². The first-order valence-electron chi connectivity index (χ1n) is 13.1. The zero-order valence-electron chi connectivity index (χ0n) is 22.9. The smallest absolute Gasteiger partial charge is 0.316 e. The maximum absolute atomic E-state index is 13.8. The normalized spacial score (nSPS) is 21.0. The number of methoxy groups -OCH3 is 1. The monoisotopic (exact) mass is 618 g/mol. The number of likely N-dealkylation sites (tertiary alicyclic amines) is 1. The molecule has 2 amide bonds. The molecule has 2 aliphatic rings. The number of anilines is 1. The Kier molecular flexibility index (Phi) is 6.56. The Morgan fingerprint density at radius 3 is 2.61 bits per heavy atom. The summed E-state index contributed by atoms with van der Waals surface area (Å²) in [6, 6.07) is 4.96. The molecule has 13 heteroatoms. The fourth-order valence-corrected chi connectivity index (χ4v) is 5.88. The molecule has 1 aliphatic heterocycles. The molecule has 0 radical (unpaired) electrons. The lowest BCUT2D eigenvalue weighted by atomic mass is 10.0. The van der Waals surface area contributed by atoms with Crippen molar-refractivity contribution in [1.29, 1.82) is 0 Å². The van der Waals surface area contributed by atoms with Crippen LogP contribution < -0.4 is 10.1 Å². The Labute approximate surface area is 243 Å². The van der Waals surface area contributed by atoms with Crippen molar-refractivity contribution in [2.24, 2.45) is 5.41 Å². The number of aryl methyl sites for hydroxylation is 1. The van der Waals surface area contributed by atoms with Crippen LogP contribution >= 0.6 is 15.9 Å². The van der Waals surface area contributed by atoms with Crippen molar-refractivity contribution in [3.8, 4) is 17.3 Å². The largest absolute Gasteiger partial charge is 0.467 e. The first kappa shape index (κ1) is 26.9. The molecule has 1 saturated carbocycles. The predicted octanol–water partition coefficient (Wildman–Crippen LogP) is 3.58. The number of nitrogens with zero attached hydrogens (tertiary/aromatic N) is 7. The van der Waals surface area contributed by atoms with Gasteiger partial charge in [-0.15, -0.1) is 0 Å². The topological polar surface area (TPSA) is 145 Å². The molecule has 1 aliphatic carbocycles. The summed E-state index contributed by atoms with van der Waals surface area (Å²) in [5, 5.41) is 7.96. The van der Waals surface area contributed by atoms with Crippen LogP contribution in [0.4, 0.5) is 5.82 Å². The van der Waals surface area contributed by atoms with Crippen LogP contribution in [-0.4, -0.2) is 71.4 Å². The second kappa shape index (κ2) is 9.98. The number of amides is 2. The predicted molar refractivity (Wildman–Crippen MR) is 152 cm³/mol. The van der Waals surface area contributed by atoms with Crippen molar-refractivity contribution in [2.75, 3.05) is 12.4 Å². The van der Waals surface area contributed by atoms with Gasteiger partial charge in [0.1, 0.15) is 28.7 Å². The number of ketones is 1. The minimum absolute atomic E-state index is 0.0313. The number of hydrogen-bond donors (Lipinski definition) is 1. The van der Waals surface area contributed by atoms with Crippen LogP contribution in [-0.2, 0) is 16.1 Å². The molecule has 0 bridgehead atoms. The fourth-order valence-electron chi connectivity index (χ4n) is 5.57. The third-order valence-corrected chi connectivity index (χ3v) is 8.33. The zero-order chi connectivity index (χ0) is 29.1. The Hall–Kier alpha value is -4.26. The molecule has 12 nitrogen and oxygen atoms in total. The van der Waals surface area contributed by atoms with Crippen molar-refractivity contribution in [1.82, 2.24) is 34.6 Å². The van der Waals surface area contributed by atoms with Gasteiger partial charge in [0.05, 0.1) is 24.5 Å². The molecule has 3 atom stereocenters. The highest BCUT2D eigenvalue weighted by Gasteiger charge is 2.64. The summed E-state index contributed by atoms with van der Waals surface area (Å²) in [5.41, 5.74) is 2.67. The highest BCUT2D eigenvalue weighted by atomic mass is 79.9. The van der Waals surface area contributed by atoms with Crippen molar-refractivity contribution in [3.63, 3.8) is 0 Å². The number of ether oxygens (including phenoxy) is 1. The Morgan fingerprint density at radius 2 is 1.90 bits per heavy atom. The van der Waals surface area contributed by atoms with E-state index in [4.69, 9.17) is 4.74 Å². The molecule has 210 valence electrons. The van der Waals surface area contributed by atoms with Gasteiger partial charge in [0.15, 0.2) is 5.78 Å². The van der Waals surface area contributed by atoms with Crippen molar-refractivity contribution >= 4 is 50.2 Å². The van der Waals surface area contributed by atoms with Gasteiger partial charge in [0.25, 0.3) is 0 Å². The van der Waals surface area contributed by atoms with Crippen LogP contribution in [0.3, 0.4) is 0 Å². The molecule has 6 rings (SSSR count). The highest BCUT2D eigenvalue weighted by Crippen LogP contribution is 2.59. The lowest BCUT2D eigenvalue weighted by Crippen LogP contribution is -2.47. The van der Waals surface area contributed by atoms with E-state index in [1.807, 2.05) is 13.0 Å². The van der Waals surface area contributed by atoms with Crippen LogP contribution in [0.15, 0.2) is 41.4 Å². The second-order valence-corrected chi connectivity index (χ2v) is 11.6. The molecule has 4 aromatic rings. The number of fused-ring (bicyclic) bond motifs is 2. The number of carbonyl (C=O) groups excluding carboxylic acids is 3. The average Bonchev–Trinajstić information content (AvgIpc) is 3.32. The average molecular weight is 619 g/mol. The summed E-state index contributed by atoms with van der Waals surface area (Å²) in [7, 11) is 1.48. The lowest BCUT2D eigenvalue weighted by molar-refractivity contribution is -0.138. The third-order valence-electron chi connectivity index (χ3n) is 7.89. The van der Waals surface area contributed by atoms with E-state index in [1.165, 1.54) is 18.7 Å². The van der Waals surface area contributed by atoms with Gasteiger partial charge in [0.2, 0.25) is 11.8 Å². The van der Waals surface area contributed by atoms with E-state index in [0.29, 0.717) is 39.0 Å². The molecule has 41 heavy (non-hydrogen) atoms. The second-order valence-electron chi connectivity index (χ2n) is 10.8.